The van der Waals surface area contributed by atoms with Gasteiger partial charge in [0.25, 0.3) is 0 Å². The summed E-state index contributed by atoms with van der Waals surface area (Å²) in [5.74, 6) is 0.171. The van der Waals surface area contributed by atoms with Gasteiger partial charge in [0.1, 0.15) is 6.07 Å². The van der Waals surface area contributed by atoms with E-state index in [1.165, 1.54) is 12.3 Å². The Morgan fingerprint density at radius 1 is 1.76 bits per heavy atom. The Hall–Kier alpha value is -2.20. The van der Waals surface area contributed by atoms with E-state index in [4.69, 9.17) is 10.00 Å². The molecule has 0 saturated carbocycles. The summed E-state index contributed by atoms with van der Waals surface area (Å²) in [6.07, 6.45) is 2.33. The number of nitro groups is 1. The Bertz CT molecular complexity index is 479. The molecule has 1 atom stereocenters. The van der Waals surface area contributed by atoms with Crippen LogP contribution in [0.5, 0.6) is 0 Å². The zero-order valence-electron chi connectivity index (χ0n) is 8.92. The molecule has 2 heterocycles. The van der Waals surface area contributed by atoms with Crippen LogP contribution in [0.25, 0.3) is 0 Å². The zero-order valence-corrected chi connectivity index (χ0v) is 8.92. The van der Waals surface area contributed by atoms with Crippen molar-refractivity contribution in [2.24, 2.45) is 0 Å². The Labute approximate surface area is 97.2 Å². The van der Waals surface area contributed by atoms with Gasteiger partial charge >= 0.3 is 5.69 Å². The lowest BCUT2D eigenvalue weighted by Crippen LogP contribution is -2.33. The van der Waals surface area contributed by atoms with E-state index in [-0.39, 0.29) is 23.2 Å². The number of aromatic nitrogens is 1. The molecule has 1 fully saturated rings. The summed E-state index contributed by atoms with van der Waals surface area (Å²) in [7, 11) is 0. The van der Waals surface area contributed by atoms with Gasteiger partial charge in [-0.25, -0.2) is 4.98 Å². The molecule has 2 rings (SSSR count). The number of nitriles is 1. The molecule has 1 aromatic heterocycles. The van der Waals surface area contributed by atoms with Crippen LogP contribution in [0.15, 0.2) is 12.3 Å². The minimum Gasteiger partial charge on any atom is -0.376 e. The quantitative estimate of drug-likeness (QED) is 0.617. The summed E-state index contributed by atoms with van der Waals surface area (Å²) in [5.41, 5.74) is -0.0227. The van der Waals surface area contributed by atoms with E-state index in [0.29, 0.717) is 6.54 Å². The number of nitrogens with zero attached hydrogens (tertiary/aromatic N) is 3. The molecule has 1 aliphatic rings. The van der Waals surface area contributed by atoms with Crippen molar-refractivity contribution in [3.63, 3.8) is 0 Å². The van der Waals surface area contributed by atoms with Crippen molar-refractivity contribution < 1.29 is 9.66 Å². The molecule has 0 unspecified atom stereocenters. The normalized spacial score (nSPS) is 17.9. The number of hydrogen-bond donors (Lipinski definition) is 1. The van der Waals surface area contributed by atoms with E-state index in [9.17, 15) is 10.1 Å². The standard InChI is InChI=1S/C10H10N4O3/c11-4-7-3-9(14(15)16)10(12-5-7)13-6-8-1-2-17-8/h3,5,8H,1-2,6H2,(H,12,13)/t8-/m0/s1. The summed E-state index contributed by atoms with van der Waals surface area (Å²) in [6.45, 7) is 1.22. The van der Waals surface area contributed by atoms with E-state index in [1.807, 2.05) is 6.07 Å². The first-order valence-electron chi connectivity index (χ1n) is 5.10. The van der Waals surface area contributed by atoms with Crippen LogP contribution in [-0.2, 0) is 4.74 Å². The van der Waals surface area contributed by atoms with Crippen LogP contribution in [0.4, 0.5) is 11.5 Å². The summed E-state index contributed by atoms with van der Waals surface area (Å²) >= 11 is 0. The molecule has 1 aromatic rings. The summed E-state index contributed by atoms with van der Waals surface area (Å²) in [4.78, 5) is 14.1. The second kappa shape index (κ2) is 4.76. The molecule has 0 amide bonds. The summed E-state index contributed by atoms with van der Waals surface area (Å²) in [6, 6.07) is 3.02. The average Bonchev–Trinajstić information content (AvgIpc) is 2.27. The molecule has 0 bridgehead atoms. The molecule has 88 valence electrons. The third-order valence-electron chi connectivity index (χ3n) is 2.48. The van der Waals surface area contributed by atoms with Gasteiger partial charge in [0.2, 0.25) is 5.82 Å². The number of nitrogens with one attached hydrogen (secondary N) is 1. The van der Waals surface area contributed by atoms with E-state index in [1.54, 1.807) is 0 Å². The highest BCUT2D eigenvalue weighted by molar-refractivity contribution is 5.58. The second-order valence-corrected chi connectivity index (χ2v) is 3.62. The Morgan fingerprint density at radius 2 is 2.53 bits per heavy atom. The lowest BCUT2D eigenvalue weighted by molar-refractivity contribution is -0.384. The predicted octanol–water partition coefficient (Wildman–Crippen LogP) is 1.06. The first-order chi connectivity index (χ1) is 8.20. The van der Waals surface area contributed by atoms with E-state index in [2.05, 4.69) is 10.3 Å². The summed E-state index contributed by atoms with van der Waals surface area (Å²) in [5, 5.41) is 22.3. The molecule has 1 aliphatic heterocycles. The van der Waals surface area contributed by atoms with Crippen LogP contribution in [0.3, 0.4) is 0 Å². The van der Waals surface area contributed by atoms with Crippen LogP contribution in [-0.4, -0.2) is 29.2 Å². The maximum Gasteiger partial charge on any atom is 0.312 e. The van der Waals surface area contributed by atoms with E-state index in [0.717, 1.165) is 13.0 Å². The molecule has 0 aromatic carbocycles. The fraction of sp³-hybridized carbons (Fsp3) is 0.400. The van der Waals surface area contributed by atoms with E-state index >= 15 is 0 Å². The summed E-state index contributed by atoms with van der Waals surface area (Å²) < 4.78 is 5.19. The Kier molecular flexibility index (Phi) is 3.16. The first-order valence-corrected chi connectivity index (χ1v) is 5.10. The molecule has 17 heavy (non-hydrogen) atoms. The van der Waals surface area contributed by atoms with Crippen molar-refractivity contribution >= 4 is 11.5 Å². The van der Waals surface area contributed by atoms with Crippen LogP contribution >= 0.6 is 0 Å². The minimum absolute atomic E-state index is 0.0899. The molecule has 0 radical (unpaired) electrons. The lowest BCUT2D eigenvalue weighted by Gasteiger charge is -2.26. The fourth-order valence-electron chi connectivity index (χ4n) is 1.45. The van der Waals surface area contributed by atoms with Crippen molar-refractivity contribution in [2.45, 2.75) is 12.5 Å². The maximum absolute atomic E-state index is 10.8. The molecule has 0 spiro atoms. The molecule has 7 heteroatoms. The molecule has 7 nitrogen and oxygen atoms in total. The fourth-order valence-corrected chi connectivity index (χ4v) is 1.45. The van der Waals surface area contributed by atoms with Gasteiger partial charge in [-0.2, -0.15) is 5.26 Å². The van der Waals surface area contributed by atoms with Crippen molar-refractivity contribution in [2.75, 3.05) is 18.5 Å². The van der Waals surface area contributed by atoms with Gasteiger partial charge < -0.3 is 10.1 Å². The SMILES string of the molecule is N#Cc1cnc(NC[C@@H]2CCO2)c([N+](=O)[O-])c1. The highest BCUT2D eigenvalue weighted by atomic mass is 16.6. The van der Waals surface area contributed by atoms with Crippen LogP contribution in [0.1, 0.15) is 12.0 Å². The third kappa shape index (κ3) is 2.49. The molecular weight excluding hydrogens is 224 g/mol. The van der Waals surface area contributed by atoms with Crippen molar-refractivity contribution in [1.29, 1.82) is 5.26 Å². The maximum atomic E-state index is 10.8. The smallest absolute Gasteiger partial charge is 0.312 e. The van der Waals surface area contributed by atoms with Crippen LogP contribution in [0.2, 0.25) is 0 Å². The Balaban J connectivity index is 2.14. The molecular formula is C10H10N4O3. The predicted molar refractivity (Wildman–Crippen MR) is 58.5 cm³/mol. The van der Waals surface area contributed by atoms with Gasteiger partial charge in [-0.1, -0.05) is 0 Å². The Morgan fingerprint density at radius 3 is 3.06 bits per heavy atom. The van der Waals surface area contributed by atoms with Gasteiger partial charge in [0, 0.05) is 25.4 Å². The molecule has 1 saturated heterocycles. The van der Waals surface area contributed by atoms with Gasteiger partial charge in [0.15, 0.2) is 0 Å². The van der Waals surface area contributed by atoms with Gasteiger partial charge in [-0.3, -0.25) is 10.1 Å². The van der Waals surface area contributed by atoms with Crippen molar-refractivity contribution in [3.05, 3.63) is 27.9 Å². The van der Waals surface area contributed by atoms with Crippen LogP contribution < -0.4 is 5.32 Å². The first kappa shape index (κ1) is 11.3. The minimum atomic E-state index is -0.558. The zero-order chi connectivity index (χ0) is 12.3. The van der Waals surface area contributed by atoms with Gasteiger partial charge in [-0.15, -0.1) is 0 Å². The number of rotatable bonds is 4. The lowest BCUT2D eigenvalue weighted by atomic mass is 10.2. The highest BCUT2D eigenvalue weighted by Gasteiger charge is 2.21. The monoisotopic (exact) mass is 234 g/mol. The molecule has 1 N–H and O–H groups in total. The number of hydrogen-bond acceptors (Lipinski definition) is 6. The second-order valence-electron chi connectivity index (χ2n) is 3.62. The topological polar surface area (TPSA) is 101 Å². The number of pyridine rings is 1. The number of ether oxygens (including phenoxy) is 1. The third-order valence-corrected chi connectivity index (χ3v) is 2.48. The van der Waals surface area contributed by atoms with E-state index < -0.39 is 4.92 Å². The highest BCUT2D eigenvalue weighted by Crippen LogP contribution is 2.23. The average molecular weight is 234 g/mol. The van der Waals surface area contributed by atoms with Gasteiger partial charge in [0.05, 0.1) is 16.6 Å². The van der Waals surface area contributed by atoms with Gasteiger partial charge in [-0.05, 0) is 6.42 Å². The van der Waals surface area contributed by atoms with Crippen LogP contribution in [0, 0.1) is 21.4 Å². The molecule has 0 aliphatic carbocycles. The largest absolute Gasteiger partial charge is 0.376 e. The van der Waals surface area contributed by atoms with Crippen molar-refractivity contribution in [3.8, 4) is 6.07 Å². The van der Waals surface area contributed by atoms with Crippen molar-refractivity contribution in [1.82, 2.24) is 4.98 Å². The number of anilines is 1.